The molecule has 0 heterocycles. The number of nitrogens with two attached hydrogens (primary N) is 1. The summed E-state index contributed by atoms with van der Waals surface area (Å²) in [5, 5.41) is 0. The Bertz CT molecular complexity index is 656. The summed E-state index contributed by atoms with van der Waals surface area (Å²) < 4.78 is 0. The molecule has 0 saturated carbocycles. The average Bonchev–Trinajstić information content (AvgIpc) is 2.46. The minimum absolute atomic E-state index is 0.100. The number of ketones is 1. The van der Waals surface area contributed by atoms with E-state index in [0.29, 0.717) is 16.8 Å². The summed E-state index contributed by atoms with van der Waals surface area (Å²) in [6, 6.07) is 12.6. The third-order valence-corrected chi connectivity index (χ3v) is 3.01. The standard InChI is InChI=1S/C17H15NO/c1-3-12-8-7-10-14(13(12)4-2)17(19)15-9-5-6-11-16(15)18/h3-11H,1-2,18H2. The third-order valence-electron chi connectivity index (χ3n) is 3.01. The lowest BCUT2D eigenvalue weighted by Gasteiger charge is -2.10. The smallest absolute Gasteiger partial charge is 0.195 e. The first-order valence-electron chi connectivity index (χ1n) is 5.96. The number of carbonyl (C=O) groups excluding carboxylic acids is 1. The molecule has 2 aromatic rings. The second-order valence-electron chi connectivity index (χ2n) is 4.13. The number of nitrogen functional groups attached to an aromatic ring is 1. The summed E-state index contributed by atoms with van der Waals surface area (Å²) in [5.41, 5.74) is 9.09. The van der Waals surface area contributed by atoms with Crippen LogP contribution in [0.2, 0.25) is 0 Å². The van der Waals surface area contributed by atoms with Crippen LogP contribution in [0, 0.1) is 0 Å². The van der Waals surface area contributed by atoms with Crippen LogP contribution in [0.1, 0.15) is 27.0 Å². The molecule has 0 aliphatic heterocycles. The predicted octanol–water partition coefficient (Wildman–Crippen LogP) is 3.79. The molecule has 0 saturated heterocycles. The van der Waals surface area contributed by atoms with Gasteiger partial charge in [-0.3, -0.25) is 4.79 Å². The Hall–Kier alpha value is -2.61. The van der Waals surface area contributed by atoms with Gasteiger partial charge in [-0.15, -0.1) is 0 Å². The highest BCUT2D eigenvalue weighted by molar-refractivity contribution is 6.14. The van der Waals surface area contributed by atoms with Crippen LogP contribution in [-0.4, -0.2) is 5.78 Å². The minimum Gasteiger partial charge on any atom is -0.398 e. The van der Waals surface area contributed by atoms with Crippen LogP contribution in [0.3, 0.4) is 0 Å². The summed E-state index contributed by atoms with van der Waals surface area (Å²) in [6.07, 6.45) is 3.38. The van der Waals surface area contributed by atoms with Gasteiger partial charge in [0.15, 0.2) is 5.78 Å². The van der Waals surface area contributed by atoms with E-state index in [9.17, 15) is 4.79 Å². The Balaban J connectivity index is 2.60. The van der Waals surface area contributed by atoms with E-state index in [1.165, 1.54) is 0 Å². The third kappa shape index (κ3) is 2.33. The summed E-state index contributed by atoms with van der Waals surface area (Å²) >= 11 is 0. The molecule has 2 nitrogen and oxygen atoms in total. The van der Waals surface area contributed by atoms with Crippen molar-refractivity contribution in [3.8, 4) is 0 Å². The largest absolute Gasteiger partial charge is 0.398 e. The highest BCUT2D eigenvalue weighted by Gasteiger charge is 2.15. The van der Waals surface area contributed by atoms with Gasteiger partial charge >= 0.3 is 0 Å². The van der Waals surface area contributed by atoms with Gasteiger partial charge in [0.25, 0.3) is 0 Å². The molecule has 0 radical (unpaired) electrons. The van der Waals surface area contributed by atoms with Crippen molar-refractivity contribution in [1.29, 1.82) is 0 Å². The van der Waals surface area contributed by atoms with E-state index in [4.69, 9.17) is 5.73 Å². The van der Waals surface area contributed by atoms with Crippen molar-refractivity contribution in [3.63, 3.8) is 0 Å². The molecule has 94 valence electrons. The Morgan fingerprint density at radius 3 is 2.26 bits per heavy atom. The van der Waals surface area contributed by atoms with Crippen molar-refractivity contribution in [1.82, 2.24) is 0 Å². The molecule has 19 heavy (non-hydrogen) atoms. The maximum atomic E-state index is 12.6. The molecule has 0 aliphatic carbocycles. The molecule has 0 aliphatic rings. The SMILES string of the molecule is C=Cc1cccc(C(=O)c2ccccc2N)c1C=C. The van der Waals surface area contributed by atoms with E-state index >= 15 is 0 Å². The average molecular weight is 249 g/mol. The lowest BCUT2D eigenvalue weighted by molar-refractivity contribution is 0.103. The Kier molecular flexibility index (Phi) is 3.62. The quantitative estimate of drug-likeness (QED) is 0.661. The summed E-state index contributed by atoms with van der Waals surface area (Å²) in [6.45, 7) is 7.51. The van der Waals surface area contributed by atoms with Gasteiger partial charge in [0.1, 0.15) is 0 Å². The molecule has 0 atom stereocenters. The fourth-order valence-electron chi connectivity index (χ4n) is 2.04. The van der Waals surface area contributed by atoms with Crippen molar-refractivity contribution in [2.75, 3.05) is 5.73 Å². The van der Waals surface area contributed by atoms with Crippen LogP contribution in [0.4, 0.5) is 5.69 Å². The molecule has 0 amide bonds. The molecular weight excluding hydrogens is 234 g/mol. The van der Waals surface area contributed by atoms with E-state index in [1.807, 2.05) is 12.1 Å². The molecule has 0 unspecified atom stereocenters. The first kappa shape index (κ1) is 12.8. The van der Waals surface area contributed by atoms with E-state index in [2.05, 4.69) is 13.2 Å². The van der Waals surface area contributed by atoms with Gasteiger partial charge in [-0.05, 0) is 23.3 Å². The van der Waals surface area contributed by atoms with E-state index in [-0.39, 0.29) is 5.78 Å². The molecule has 2 heteroatoms. The first-order valence-corrected chi connectivity index (χ1v) is 5.96. The Labute approximate surface area is 112 Å². The highest BCUT2D eigenvalue weighted by atomic mass is 16.1. The van der Waals surface area contributed by atoms with Crippen LogP contribution in [-0.2, 0) is 0 Å². The highest BCUT2D eigenvalue weighted by Crippen LogP contribution is 2.23. The molecule has 0 bridgehead atoms. The molecule has 0 fully saturated rings. The van der Waals surface area contributed by atoms with E-state index < -0.39 is 0 Å². The fourth-order valence-corrected chi connectivity index (χ4v) is 2.04. The number of hydrogen-bond acceptors (Lipinski definition) is 2. The first-order chi connectivity index (χ1) is 9.19. The lowest BCUT2D eigenvalue weighted by atomic mass is 9.94. The normalized spacial score (nSPS) is 9.89. The Morgan fingerprint density at radius 1 is 0.947 bits per heavy atom. The molecule has 2 N–H and O–H groups in total. The van der Waals surface area contributed by atoms with Crippen molar-refractivity contribution in [2.24, 2.45) is 0 Å². The zero-order valence-corrected chi connectivity index (χ0v) is 10.6. The molecule has 0 spiro atoms. The number of benzene rings is 2. The minimum atomic E-state index is -0.100. The summed E-state index contributed by atoms with van der Waals surface area (Å²) in [7, 11) is 0. The van der Waals surface area contributed by atoms with Crippen LogP contribution < -0.4 is 5.73 Å². The van der Waals surface area contributed by atoms with Crippen molar-refractivity contribution in [3.05, 3.63) is 77.9 Å². The maximum Gasteiger partial charge on any atom is 0.195 e. The van der Waals surface area contributed by atoms with Crippen molar-refractivity contribution in [2.45, 2.75) is 0 Å². The predicted molar refractivity (Wildman–Crippen MR) is 80.9 cm³/mol. The van der Waals surface area contributed by atoms with Gasteiger partial charge in [-0.25, -0.2) is 0 Å². The van der Waals surface area contributed by atoms with Gasteiger partial charge in [-0.1, -0.05) is 55.6 Å². The van der Waals surface area contributed by atoms with Crippen molar-refractivity contribution >= 4 is 23.6 Å². The van der Waals surface area contributed by atoms with Crippen LogP contribution in [0.5, 0.6) is 0 Å². The van der Waals surface area contributed by atoms with Crippen molar-refractivity contribution < 1.29 is 4.79 Å². The molecular formula is C17H15NO. The lowest BCUT2D eigenvalue weighted by Crippen LogP contribution is -2.07. The number of anilines is 1. The number of hydrogen-bond donors (Lipinski definition) is 1. The zero-order valence-electron chi connectivity index (χ0n) is 10.6. The number of rotatable bonds is 4. The second kappa shape index (κ2) is 5.36. The van der Waals surface area contributed by atoms with Gasteiger partial charge in [0, 0.05) is 16.8 Å². The summed E-state index contributed by atoms with van der Waals surface area (Å²) in [4.78, 5) is 12.6. The monoisotopic (exact) mass is 249 g/mol. The topological polar surface area (TPSA) is 43.1 Å². The zero-order chi connectivity index (χ0) is 13.8. The Morgan fingerprint density at radius 2 is 1.63 bits per heavy atom. The second-order valence-corrected chi connectivity index (χ2v) is 4.13. The van der Waals surface area contributed by atoms with E-state index in [1.54, 1.807) is 42.5 Å². The fraction of sp³-hybridized carbons (Fsp3) is 0. The molecule has 2 rings (SSSR count). The van der Waals surface area contributed by atoms with Gasteiger partial charge < -0.3 is 5.73 Å². The number of para-hydroxylation sites is 1. The van der Waals surface area contributed by atoms with Crippen LogP contribution in [0.15, 0.2) is 55.6 Å². The van der Waals surface area contributed by atoms with Crippen LogP contribution in [0.25, 0.3) is 12.2 Å². The van der Waals surface area contributed by atoms with Gasteiger partial charge in [0.2, 0.25) is 0 Å². The van der Waals surface area contributed by atoms with E-state index in [0.717, 1.165) is 11.1 Å². The van der Waals surface area contributed by atoms with Crippen LogP contribution >= 0.6 is 0 Å². The maximum absolute atomic E-state index is 12.6. The number of carbonyl (C=O) groups is 1. The molecule has 0 aromatic heterocycles. The molecule has 2 aromatic carbocycles. The van der Waals surface area contributed by atoms with Gasteiger partial charge in [-0.2, -0.15) is 0 Å². The van der Waals surface area contributed by atoms with Gasteiger partial charge in [0.05, 0.1) is 0 Å². The summed E-state index contributed by atoms with van der Waals surface area (Å²) in [5.74, 6) is -0.100.